The predicted molar refractivity (Wildman–Crippen MR) is 101 cm³/mol. The van der Waals surface area contributed by atoms with Crippen LogP contribution in [0.5, 0.6) is 0 Å². The van der Waals surface area contributed by atoms with Gasteiger partial charge in [0.15, 0.2) is 5.96 Å². The molecular weight excluding hydrogens is 324 g/mol. The van der Waals surface area contributed by atoms with E-state index in [4.69, 9.17) is 9.73 Å². The first-order chi connectivity index (χ1) is 11.6. The molecule has 0 aromatic carbocycles. The molecule has 2 N–H and O–H groups in total. The maximum atomic E-state index is 11.6. The van der Waals surface area contributed by atoms with Crippen LogP contribution in [0.25, 0.3) is 0 Å². The highest BCUT2D eigenvalue weighted by Crippen LogP contribution is 2.35. The number of carbonyl (C=O) groups excluding carboxylic acids is 1. The van der Waals surface area contributed by atoms with Gasteiger partial charge in [0.25, 0.3) is 0 Å². The Hall–Kier alpha value is -0.950. The molecule has 2 fully saturated rings. The monoisotopic (exact) mass is 356 g/mol. The summed E-state index contributed by atoms with van der Waals surface area (Å²) in [5, 5.41) is 6.86. The first-order valence-electron chi connectivity index (χ1n) is 9.09. The van der Waals surface area contributed by atoms with E-state index in [2.05, 4.69) is 24.5 Å². The van der Waals surface area contributed by atoms with E-state index in [0.29, 0.717) is 6.42 Å². The first kappa shape index (κ1) is 19.4. The molecule has 24 heavy (non-hydrogen) atoms. The van der Waals surface area contributed by atoms with E-state index in [9.17, 15) is 4.79 Å². The van der Waals surface area contributed by atoms with Crippen LogP contribution < -0.4 is 10.6 Å². The van der Waals surface area contributed by atoms with Gasteiger partial charge < -0.3 is 20.3 Å². The zero-order chi connectivity index (χ0) is 17.4. The van der Waals surface area contributed by atoms with Crippen molar-refractivity contribution in [1.29, 1.82) is 0 Å². The van der Waals surface area contributed by atoms with E-state index in [0.717, 1.165) is 63.8 Å². The number of likely N-dealkylation sites (N-methyl/N-ethyl adjacent to an activating group) is 1. The number of amides is 1. The van der Waals surface area contributed by atoms with Crippen LogP contribution in [0.15, 0.2) is 4.99 Å². The highest BCUT2D eigenvalue weighted by molar-refractivity contribution is 8.00. The lowest BCUT2D eigenvalue weighted by atomic mass is 9.99. The quantitative estimate of drug-likeness (QED) is 0.557. The summed E-state index contributed by atoms with van der Waals surface area (Å²) in [7, 11) is 1.87. The Morgan fingerprint density at radius 1 is 1.42 bits per heavy atom. The van der Waals surface area contributed by atoms with Crippen molar-refractivity contribution in [3.05, 3.63) is 0 Å². The molecule has 2 aliphatic rings. The van der Waals surface area contributed by atoms with Gasteiger partial charge in [-0.1, -0.05) is 6.92 Å². The summed E-state index contributed by atoms with van der Waals surface area (Å²) in [4.78, 5) is 18.3. The fourth-order valence-electron chi connectivity index (χ4n) is 3.26. The number of carbonyl (C=O) groups is 1. The summed E-state index contributed by atoms with van der Waals surface area (Å²) in [5.74, 6) is 2.21. The predicted octanol–water partition coefficient (Wildman–Crippen LogP) is 1.46. The largest absolute Gasteiger partial charge is 0.381 e. The van der Waals surface area contributed by atoms with E-state index in [1.165, 1.54) is 0 Å². The lowest BCUT2D eigenvalue weighted by Gasteiger charge is -2.35. The van der Waals surface area contributed by atoms with Crippen molar-refractivity contribution in [2.24, 2.45) is 4.99 Å². The van der Waals surface area contributed by atoms with Crippen molar-refractivity contribution in [1.82, 2.24) is 15.5 Å². The number of hydrogen-bond acceptors (Lipinski definition) is 4. The second kappa shape index (κ2) is 9.51. The molecule has 138 valence electrons. The lowest BCUT2D eigenvalue weighted by Crippen LogP contribution is -2.52. The van der Waals surface area contributed by atoms with Gasteiger partial charge in [-0.3, -0.25) is 9.79 Å². The molecular formula is C17H32N4O2S. The average Bonchev–Trinajstić information content (AvgIpc) is 2.57. The number of nitrogens with zero attached hydrogens (tertiary/aromatic N) is 2. The van der Waals surface area contributed by atoms with Crippen molar-refractivity contribution in [3.63, 3.8) is 0 Å². The van der Waals surface area contributed by atoms with Gasteiger partial charge in [0.2, 0.25) is 5.91 Å². The average molecular weight is 357 g/mol. The lowest BCUT2D eigenvalue weighted by molar-refractivity contribution is -0.132. The summed E-state index contributed by atoms with van der Waals surface area (Å²) < 4.78 is 5.74. The number of nitrogens with one attached hydrogen (secondary N) is 2. The zero-order valence-electron chi connectivity index (χ0n) is 15.3. The minimum Gasteiger partial charge on any atom is -0.381 e. The molecule has 0 aromatic heterocycles. The Bertz CT molecular complexity index is 433. The van der Waals surface area contributed by atoms with Gasteiger partial charge in [-0.25, -0.2) is 0 Å². The van der Waals surface area contributed by atoms with E-state index >= 15 is 0 Å². The number of ether oxygens (including phenoxy) is 1. The molecule has 7 heteroatoms. The molecule has 0 spiro atoms. The Kier molecular flexibility index (Phi) is 7.68. The van der Waals surface area contributed by atoms with Crippen LogP contribution >= 0.6 is 11.8 Å². The van der Waals surface area contributed by atoms with Gasteiger partial charge in [0.1, 0.15) is 0 Å². The van der Waals surface area contributed by atoms with Gasteiger partial charge in [0.05, 0.1) is 6.54 Å². The molecule has 2 aliphatic heterocycles. The van der Waals surface area contributed by atoms with Crippen molar-refractivity contribution in [2.45, 2.75) is 50.3 Å². The highest BCUT2D eigenvalue weighted by Gasteiger charge is 2.32. The fraction of sp³-hybridized carbons (Fsp3) is 0.882. The van der Waals surface area contributed by atoms with E-state index in [1.807, 2.05) is 18.8 Å². The first-order valence-corrected chi connectivity index (χ1v) is 10.1. The topological polar surface area (TPSA) is 66.0 Å². The maximum Gasteiger partial charge on any atom is 0.222 e. The molecule has 0 aliphatic carbocycles. The van der Waals surface area contributed by atoms with E-state index < -0.39 is 0 Å². The van der Waals surface area contributed by atoms with Crippen LogP contribution in [0.3, 0.4) is 0 Å². The number of guanidine groups is 1. The molecule has 1 unspecified atom stereocenters. The second-order valence-electron chi connectivity index (χ2n) is 6.58. The minimum absolute atomic E-state index is 0.203. The molecule has 0 bridgehead atoms. The van der Waals surface area contributed by atoms with Crippen molar-refractivity contribution < 1.29 is 9.53 Å². The Balaban J connectivity index is 1.97. The summed E-state index contributed by atoms with van der Waals surface area (Å²) in [5.41, 5.74) is 0. The Morgan fingerprint density at radius 2 is 2.17 bits per heavy atom. The summed E-state index contributed by atoms with van der Waals surface area (Å²) in [6, 6.07) is 0.273. The van der Waals surface area contributed by atoms with Crippen LogP contribution in [0.4, 0.5) is 0 Å². The number of rotatable bonds is 6. The Morgan fingerprint density at radius 3 is 2.79 bits per heavy atom. The molecule has 0 radical (unpaired) electrons. The second-order valence-corrected chi connectivity index (χ2v) is 8.31. The highest BCUT2D eigenvalue weighted by atomic mass is 32.2. The van der Waals surface area contributed by atoms with Crippen LogP contribution in [-0.4, -0.2) is 73.2 Å². The molecule has 1 atom stereocenters. The third-order valence-corrected chi connectivity index (χ3v) is 6.13. The normalized spacial score (nSPS) is 24.8. The van der Waals surface area contributed by atoms with Crippen molar-refractivity contribution in [3.8, 4) is 0 Å². The maximum absolute atomic E-state index is 11.6. The van der Waals surface area contributed by atoms with Gasteiger partial charge in [-0.15, -0.1) is 0 Å². The summed E-state index contributed by atoms with van der Waals surface area (Å²) in [6.07, 6.45) is 3.61. The van der Waals surface area contributed by atoms with Gasteiger partial charge >= 0.3 is 0 Å². The number of likely N-dealkylation sites (tertiary alicyclic amines) is 1. The van der Waals surface area contributed by atoms with Gasteiger partial charge in [-0.05, 0) is 31.9 Å². The van der Waals surface area contributed by atoms with E-state index in [1.54, 1.807) is 4.90 Å². The minimum atomic E-state index is 0.203. The molecule has 2 heterocycles. The number of thioether (sulfide) groups is 1. The smallest absolute Gasteiger partial charge is 0.222 e. The third kappa shape index (κ3) is 5.55. The van der Waals surface area contributed by atoms with Gasteiger partial charge in [-0.2, -0.15) is 11.8 Å². The number of hydrogen-bond donors (Lipinski definition) is 2. The SMILES string of the molecule is CCNC(=NCC1(SCC)CCOCC1)NC1CCC(=O)N(C)C1. The fourth-order valence-corrected chi connectivity index (χ4v) is 4.49. The standard InChI is InChI=1S/C17H32N4O2S/c1-4-18-16(20-14-6-7-15(22)21(3)12-14)19-13-17(24-5-2)8-10-23-11-9-17/h14H,4-13H2,1-3H3,(H2,18,19,20). The van der Waals surface area contributed by atoms with Crippen molar-refractivity contribution in [2.75, 3.05) is 45.6 Å². The molecule has 1 amide bonds. The van der Waals surface area contributed by atoms with Crippen molar-refractivity contribution >= 4 is 23.6 Å². The number of piperidine rings is 1. The Labute approximate surface area is 150 Å². The zero-order valence-corrected chi connectivity index (χ0v) is 16.1. The number of aliphatic imine (C=N–C) groups is 1. The molecule has 0 aromatic rings. The molecule has 0 saturated carbocycles. The molecule has 6 nitrogen and oxygen atoms in total. The van der Waals surface area contributed by atoms with Crippen LogP contribution in [0, 0.1) is 0 Å². The van der Waals surface area contributed by atoms with Crippen LogP contribution in [0.2, 0.25) is 0 Å². The molecule has 2 saturated heterocycles. The third-order valence-electron chi connectivity index (χ3n) is 4.69. The van der Waals surface area contributed by atoms with Gasteiger partial charge in [0, 0.05) is 50.6 Å². The summed E-state index contributed by atoms with van der Waals surface area (Å²) in [6.45, 7) is 8.36. The van der Waals surface area contributed by atoms with E-state index in [-0.39, 0.29) is 16.7 Å². The van der Waals surface area contributed by atoms with Crippen LogP contribution in [0.1, 0.15) is 39.5 Å². The van der Waals surface area contributed by atoms with Crippen LogP contribution in [-0.2, 0) is 9.53 Å². The summed E-state index contributed by atoms with van der Waals surface area (Å²) >= 11 is 2.01. The molecule has 2 rings (SSSR count).